The molecule has 7 heteroatoms. The molecule has 1 aliphatic heterocycles. The number of hydrogen-bond donors (Lipinski definition) is 2. The van der Waals surface area contributed by atoms with E-state index in [0.717, 1.165) is 17.7 Å². The third kappa shape index (κ3) is 4.87. The molecule has 0 spiro atoms. The van der Waals surface area contributed by atoms with Gasteiger partial charge in [-0.25, -0.2) is 8.42 Å². The summed E-state index contributed by atoms with van der Waals surface area (Å²) in [5.74, 6) is 1.72. The van der Waals surface area contributed by atoms with Gasteiger partial charge in [-0.2, -0.15) is 0 Å². The number of ether oxygens (including phenoxy) is 1. The molecule has 2 N–H and O–H groups in total. The van der Waals surface area contributed by atoms with E-state index in [1.165, 1.54) is 0 Å². The standard InChI is InChI=1S/C17H27N3O3S/c1-5-24(21,22)11-10-19-16(18-4)20-14-12-17(2,3)23-15-9-7-6-8-13(14)15/h6-9,14H,5,10-12H2,1-4H3,(H2,18,19,20). The molecule has 1 unspecified atom stereocenters. The second kappa shape index (κ2) is 7.42. The fraction of sp³-hybridized carbons (Fsp3) is 0.588. The van der Waals surface area contributed by atoms with Crippen LogP contribution in [0.15, 0.2) is 29.3 Å². The maximum absolute atomic E-state index is 11.6. The van der Waals surface area contributed by atoms with Crippen LogP contribution in [0.1, 0.15) is 38.8 Å². The van der Waals surface area contributed by atoms with Crippen LogP contribution in [0.5, 0.6) is 5.75 Å². The highest BCUT2D eigenvalue weighted by Gasteiger charge is 2.33. The van der Waals surface area contributed by atoms with Gasteiger partial charge in [0.2, 0.25) is 0 Å². The highest BCUT2D eigenvalue weighted by Crippen LogP contribution is 2.39. The van der Waals surface area contributed by atoms with E-state index in [1.54, 1.807) is 14.0 Å². The number of rotatable bonds is 5. The van der Waals surface area contributed by atoms with E-state index in [1.807, 2.05) is 24.3 Å². The molecule has 1 aromatic carbocycles. The Morgan fingerprint density at radius 2 is 2.08 bits per heavy atom. The van der Waals surface area contributed by atoms with Gasteiger partial charge >= 0.3 is 0 Å². The largest absolute Gasteiger partial charge is 0.487 e. The Balaban J connectivity index is 2.05. The number of nitrogens with zero attached hydrogens (tertiary/aromatic N) is 1. The highest BCUT2D eigenvalue weighted by atomic mass is 32.2. The summed E-state index contributed by atoms with van der Waals surface area (Å²) in [6.07, 6.45) is 0.790. The van der Waals surface area contributed by atoms with E-state index in [-0.39, 0.29) is 23.1 Å². The molecule has 0 aromatic heterocycles. The average molecular weight is 353 g/mol. The molecule has 0 radical (unpaired) electrons. The Hall–Kier alpha value is -1.76. The zero-order chi connectivity index (χ0) is 17.8. The summed E-state index contributed by atoms with van der Waals surface area (Å²) < 4.78 is 29.2. The van der Waals surface area contributed by atoms with Crippen molar-refractivity contribution in [3.63, 3.8) is 0 Å². The molecule has 1 aliphatic rings. The van der Waals surface area contributed by atoms with Gasteiger partial charge in [0.05, 0.1) is 11.8 Å². The number of aliphatic imine (C=N–C) groups is 1. The minimum absolute atomic E-state index is 0.0546. The molecule has 0 saturated carbocycles. The lowest BCUT2D eigenvalue weighted by Gasteiger charge is -2.38. The van der Waals surface area contributed by atoms with Gasteiger partial charge in [-0.05, 0) is 19.9 Å². The van der Waals surface area contributed by atoms with Gasteiger partial charge in [0.1, 0.15) is 11.4 Å². The molecule has 134 valence electrons. The van der Waals surface area contributed by atoms with Gasteiger partial charge in [0.15, 0.2) is 15.8 Å². The summed E-state index contributed by atoms with van der Waals surface area (Å²) in [6, 6.07) is 8.00. The Kier molecular flexibility index (Phi) is 5.74. The molecule has 1 heterocycles. The Bertz CT molecular complexity index is 699. The van der Waals surface area contributed by atoms with Gasteiger partial charge in [-0.1, -0.05) is 25.1 Å². The first-order chi connectivity index (χ1) is 11.3. The van der Waals surface area contributed by atoms with Gasteiger partial charge in [-0.15, -0.1) is 0 Å². The topological polar surface area (TPSA) is 79.8 Å². The molecule has 1 aromatic rings. The van der Waals surface area contributed by atoms with Crippen molar-refractivity contribution in [2.75, 3.05) is 25.1 Å². The molecule has 0 amide bonds. The van der Waals surface area contributed by atoms with Crippen LogP contribution in [0.2, 0.25) is 0 Å². The third-order valence-corrected chi connectivity index (χ3v) is 5.76. The number of fused-ring (bicyclic) bond motifs is 1. The van der Waals surface area contributed by atoms with E-state index in [0.29, 0.717) is 12.5 Å². The van der Waals surface area contributed by atoms with Gasteiger partial charge in [-0.3, -0.25) is 4.99 Å². The molecule has 0 bridgehead atoms. The number of para-hydroxylation sites is 1. The maximum Gasteiger partial charge on any atom is 0.191 e. The van der Waals surface area contributed by atoms with Crippen LogP contribution in [0.25, 0.3) is 0 Å². The fourth-order valence-electron chi connectivity index (χ4n) is 2.76. The van der Waals surface area contributed by atoms with Crippen LogP contribution in [-0.2, 0) is 9.84 Å². The van der Waals surface area contributed by atoms with E-state index >= 15 is 0 Å². The molecular formula is C17H27N3O3S. The first-order valence-electron chi connectivity index (χ1n) is 8.22. The quantitative estimate of drug-likeness (QED) is 0.624. The Morgan fingerprint density at radius 3 is 2.75 bits per heavy atom. The lowest BCUT2D eigenvalue weighted by Crippen LogP contribution is -2.46. The van der Waals surface area contributed by atoms with E-state index in [2.05, 4.69) is 29.5 Å². The zero-order valence-corrected chi connectivity index (χ0v) is 15.6. The SMILES string of the molecule is CCS(=O)(=O)CCNC(=NC)NC1CC(C)(C)Oc2ccccc21. The van der Waals surface area contributed by atoms with Gasteiger partial charge in [0.25, 0.3) is 0 Å². The van der Waals surface area contributed by atoms with Crippen LogP contribution in [0.3, 0.4) is 0 Å². The van der Waals surface area contributed by atoms with Crippen LogP contribution < -0.4 is 15.4 Å². The minimum atomic E-state index is -2.99. The van der Waals surface area contributed by atoms with E-state index in [4.69, 9.17) is 4.74 Å². The molecule has 0 saturated heterocycles. The first kappa shape index (κ1) is 18.6. The first-order valence-corrected chi connectivity index (χ1v) is 10.0. The Morgan fingerprint density at radius 1 is 1.38 bits per heavy atom. The van der Waals surface area contributed by atoms with Crippen molar-refractivity contribution in [3.05, 3.63) is 29.8 Å². The molecule has 24 heavy (non-hydrogen) atoms. The normalized spacial score (nSPS) is 20.0. The summed E-state index contributed by atoms with van der Waals surface area (Å²) >= 11 is 0. The lowest BCUT2D eigenvalue weighted by atomic mass is 9.90. The van der Waals surface area contributed by atoms with Crippen LogP contribution in [0.4, 0.5) is 0 Å². The third-order valence-electron chi connectivity index (χ3n) is 4.06. The summed E-state index contributed by atoms with van der Waals surface area (Å²) in [4.78, 5) is 4.21. The fourth-order valence-corrected chi connectivity index (χ4v) is 3.46. The maximum atomic E-state index is 11.6. The summed E-state index contributed by atoms with van der Waals surface area (Å²) in [5.41, 5.74) is 0.803. The molecule has 1 atom stereocenters. The van der Waals surface area contributed by atoms with Crippen LogP contribution in [-0.4, -0.2) is 45.1 Å². The second-order valence-electron chi connectivity index (χ2n) is 6.54. The predicted molar refractivity (Wildman–Crippen MR) is 97.3 cm³/mol. The van der Waals surface area contributed by atoms with Crippen molar-refractivity contribution in [3.8, 4) is 5.75 Å². The molecule has 2 rings (SSSR count). The second-order valence-corrected chi connectivity index (χ2v) is 9.01. The summed E-state index contributed by atoms with van der Waals surface area (Å²) in [5, 5.41) is 6.47. The average Bonchev–Trinajstić information content (AvgIpc) is 2.52. The van der Waals surface area contributed by atoms with Gasteiger partial charge < -0.3 is 15.4 Å². The van der Waals surface area contributed by atoms with Crippen molar-refractivity contribution in [1.82, 2.24) is 10.6 Å². The van der Waals surface area contributed by atoms with Crippen molar-refractivity contribution in [1.29, 1.82) is 0 Å². The van der Waals surface area contributed by atoms with Crippen LogP contribution >= 0.6 is 0 Å². The summed E-state index contributed by atoms with van der Waals surface area (Å²) in [6.45, 7) is 6.11. The minimum Gasteiger partial charge on any atom is -0.487 e. The van der Waals surface area contributed by atoms with E-state index in [9.17, 15) is 8.42 Å². The highest BCUT2D eigenvalue weighted by molar-refractivity contribution is 7.91. The monoisotopic (exact) mass is 353 g/mol. The van der Waals surface area contributed by atoms with Crippen molar-refractivity contribution in [2.24, 2.45) is 4.99 Å². The number of hydrogen-bond acceptors (Lipinski definition) is 4. The number of nitrogens with one attached hydrogen (secondary N) is 2. The zero-order valence-electron chi connectivity index (χ0n) is 14.8. The van der Waals surface area contributed by atoms with Crippen molar-refractivity contribution < 1.29 is 13.2 Å². The van der Waals surface area contributed by atoms with E-state index < -0.39 is 9.84 Å². The number of guanidine groups is 1. The number of sulfone groups is 1. The molecule has 0 fully saturated rings. The summed E-state index contributed by atoms with van der Waals surface area (Å²) in [7, 11) is -1.31. The van der Waals surface area contributed by atoms with Crippen molar-refractivity contribution >= 4 is 15.8 Å². The molecule has 6 nitrogen and oxygen atoms in total. The number of benzene rings is 1. The molecule has 0 aliphatic carbocycles. The molecular weight excluding hydrogens is 326 g/mol. The lowest BCUT2D eigenvalue weighted by molar-refractivity contribution is 0.0694. The smallest absolute Gasteiger partial charge is 0.191 e. The Labute approximate surface area is 144 Å². The van der Waals surface area contributed by atoms with Crippen LogP contribution in [0, 0.1) is 0 Å². The van der Waals surface area contributed by atoms with Gasteiger partial charge in [0, 0.05) is 31.3 Å². The van der Waals surface area contributed by atoms with Crippen molar-refractivity contribution in [2.45, 2.75) is 38.8 Å². The predicted octanol–water partition coefficient (Wildman–Crippen LogP) is 1.89.